The Kier molecular flexibility index (Phi) is 3.87. The Bertz CT molecular complexity index is 1020. The van der Waals surface area contributed by atoms with Crippen LogP contribution in [0.15, 0.2) is 52.3 Å². The summed E-state index contributed by atoms with van der Waals surface area (Å²) in [5, 5.41) is 19.9. The Morgan fingerprint density at radius 3 is 2.54 bits per heavy atom. The van der Waals surface area contributed by atoms with Gasteiger partial charge in [-0.15, -0.1) is 0 Å². The molecule has 1 aromatic heterocycles. The molecule has 3 N–H and O–H groups in total. The minimum Gasteiger partial charge on any atom is -0.506 e. The Morgan fingerprint density at radius 2 is 1.88 bits per heavy atom. The van der Waals surface area contributed by atoms with Gasteiger partial charge in [0.1, 0.15) is 11.3 Å². The number of H-pyrrole nitrogens is 1. The fourth-order valence-electron chi connectivity index (χ4n) is 2.47. The number of aliphatic imine (C=N–C) groups is 1. The molecule has 1 heterocycles. The molecule has 0 bridgehead atoms. The summed E-state index contributed by atoms with van der Waals surface area (Å²) in [6.45, 7) is 1.84. The molecule has 0 spiro atoms. The minimum absolute atomic E-state index is 0.0547. The van der Waals surface area contributed by atoms with Gasteiger partial charge in [-0.2, -0.15) is 0 Å². The highest BCUT2D eigenvalue weighted by Crippen LogP contribution is 2.27. The molecule has 6 nitrogen and oxygen atoms in total. The van der Waals surface area contributed by atoms with Crippen molar-refractivity contribution in [3.05, 3.63) is 69.5 Å². The Morgan fingerprint density at radius 1 is 1.17 bits per heavy atom. The predicted octanol–water partition coefficient (Wildman–Crippen LogP) is 2.99. The molecule has 0 radical (unpaired) electrons. The normalized spacial score (nSPS) is 11.2. The van der Waals surface area contributed by atoms with Gasteiger partial charge in [0, 0.05) is 11.6 Å². The van der Waals surface area contributed by atoms with Gasteiger partial charge < -0.3 is 15.2 Å². The SMILES string of the molecule is Cc1cccc2[nH]c(=O)c(C=Nc3ccc(C(=O)O)cc3)c(O)c12. The number of aryl methyl sites for hydroxylation is 1. The third kappa shape index (κ3) is 2.77. The summed E-state index contributed by atoms with van der Waals surface area (Å²) in [5.41, 5.74) is 1.62. The van der Waals surface area contributed by atoms with E-state index in [0.717, 1.165) is 5.56 Å². The second-order valence-corrected chi connectivity index (χ2v) is 5.32. The molecule has 6 heteroatoms. The van der Waals surface area contributed by atoms with Crippen LogP contribution < -0.4 is 5.56 Å². The molecule has 0 saturated heterocycles. The fraction of sp³-hybridized carbons (Fsp3) is 0.0556. The molecule has 0 atom stereocenters. The molecular weight excluding hydrogens is 308 g/mol. The van der Waals surface area contributed by atoms with Crippen molar-refractivity contribution in [1.29, 1.82) is 0 Å². The number of rotatable bonds is 3. The summed E-state index contributed by atoms with van der Waals surface area (Å²) in [6.07, 6.45) is 1.27. The molecular formula is C18H14N2O4. The maximum Gasteiger partial charge on any atom is 0.335 e. The van der Waals surface area contributed by atoms with E-state index in [1.807, 2.05) is 13.0 Å². The van der Waals surface area contributed by atoms with Gasteiger partial charge in [0.15, 0.2) is 0 Å². The van der Waals surface area contributed by atoms with E-state index in [4.69, 9.17) is 5.11 Å². The summed E-state index contributed by atoms with van der Waals surface area (Å²) in [4.78, 5) is 29.8. The van der Waals surface area contributed by atoms with Gasteiger partial charge in [-0.1, -0.05) is 12.1 Å². The Hall–Kier alpha value is -3.41. The summed E-state index contributed by atoms with van der Waals surface area (Å²) >= 11 is 0. The maximum atomic E-state index is 12.1. The van der Waals surface area contributed by atoms with Crippen molar-refractivity contribution in [2.24, 2.45) is 4.99 Å². The minimum atomic E-state index is -1.02. The van der Waals surface area contributed by atoms with Crippen molar-refractivity contribution < 1.29 is 15.0 Å². The molecule has 0 aliphatic carbocycles. The number of nitrogens with zero attached hydrogens (tertiary/aromatic N) is 1. The fourth-order valence-corrected chi connectivity index (χ4v) is 2.47. The van der Waals surface area contributed by atoms with Crippen LogP contribution in [0.2, 0.25) is 0 Å². The van der Waals surface area contributed by atoms with Gasteiger partial charge in [-0.25, -0.2) is 4.79 Å². The van der Waals surface area contributed by atoms with Crippen molar-refractivity contribution in [1.82, 2.24) is 4.98 Å². The van der Waals surface area contributed by atoms with Crippen LogP contribution in [0.1, 0.15) is 21.5 Å². The molecule has 3 aromatic rings. The molecule has 120 valence electrons. The lowest BCUT2D eigenvalue weighted by Gasteiger charge is -2.06. The number of carbonyl (C=O) groups is 1. The molecule has 0 amide bonds. The number of pyridine rings is 1. The van der Waals surface area contributed by atoms with Crippen molar-refractivity contribution in [2.45, 2.75) is 6.92 Å². The Labute approximate surface area is 136 Å². The van der Waals surface area contributed by atoms with E-state index in [-0.39, 0.29) is 16.9 Å². The molecule has 2 aromatic carbocycles. The molecule has 3 rings (SSSR count). The lowest BCUT2D eigenvalue weighted by Crippen LogP contribution is -2.12. The first kappa shape index (κ1) is 15.5. The number of aromatic carboxylic acids is 1. The largest absolute Gasteiger partial charge is 0.506 e. The van der Waals surface area contributed by atoms with E-state index in [2.05, 4.69) is 9.98 Å². The number of aromatic hydroxyl groups is 1. The van der Waals surface area contributed by atoms with Crippen LogP contribution >= 0.6 is 0 Å². The number of hydrogen-bond acceptors (Lipinski definition) is 4. The molecule has 24 heavy (non-hydrogen) atoms. The number of carboxylic acids is 1. The first-order chi connectivity index (χ1) is 11.5. The highest BCUT2D eigenvalue weighted by Gasteiger charge is 2.11. The van der Waals surface area contributed by atoms with E-state index in [1.54, 1.807) is 12.1 Å². The summed E-state index contributed by atoms with van der Waals surface area (Å²) in [7, 11) is 0. The third-order valence-corrected chi connectivity index (χ3v) is 3.71. The summed E-state index contributed by atoms with van der Waals surface area (Å²) in [5.74, 6) is -1.15. The second kappa shape index (κ2) is 6.00. The van der Waals surface area contributed by atoms with Crippen LogP contribution in [0.25, 0.3) is 10.9 Å². The number of fused-ring (bicyclic) bond motifs is 1. The van der Waals surface area contributed by atoms with Crippen molar-refractivity contribution in [3.63, 3.8) is 0 Å². The third-order valence-electron chi connectivity index (χ3n) is 3.71. The van der Waals surface area contributed by atoms with E-state index in [9.17, 15) is 14.7 Å². The zero-order chi connectivity index (χ0) is 17.3. The number of aromatic nitrogens is 1. The second-order valence-electron chi connectivity index (χ2n) is 5.32. The highest BCUT2D eigenvalue weighted by atomic mass is 16.4. The van der Waals surface area contributed by atoms with E-state index >= 15 is 0 Å². The molecule has 0 fully saturated rings. The van der Waals surface area contributed by atoms with Gasteiger partial charge in [0.05, 0.1) is 16.8 Å². The molecule has 0 aliphatic rings. The maximum absolute atomic E-state index is 12.1. The van der Waals surface area contributed by atoms with E-state index < -0.39 is 11.5 Å². The Balaban J connectivity index is 2.05. The molecule has 0 saturated carbocycles. The quantitative estimate of drug-likeness (QED) is 0.645. The lowest BCUT2D eigenvalue weighted by atomic mass is 10.1. The standard InChI is InChI=1S/C18H14N2O4/c1-10-3-2-4-14-15(10)16(21)13(17(22)20-14)9-19-12-7-5-11(6-8-12)18(23)24/h2-9H,1H3,(H,23,24)(H2,20,21,22). The average Bonchev–Trinajstić information content (AvgIpc) is 2.54. The van der Waals surface area contributed by atoms with Gasteiger partial charge in [0.25, 0.3) is 5.56 Å². The topological polar surface area (TPSA) is 103 Å². The number of nitrogens with one attached hydrogen (secondary N) is 1. The number of carboxylic acid groups (broad SMARTS) is 1. The van der Waals surface area contributed by atoms with Crippen molar-refractivity contribution >= 4 is 28.8 Å². The highest BCUT2D eigenvalue weighted by molar-refractivity contribution is 5.97. The van der Waals surface area contributed by atoms with E-state index in [1.165, 1.54) is 30.5 Å². The van der Waals surface area contributed by atoms with Crippen LogP contribution in [0.5, 0.6) is 5.75 Å². The zero-order valence-electron chi connectivity index (χ0n) is 12.8. The van der Waals surface area contributed by atoms with Crippen LogP contribution in [0, 0.1) is 6.92 Å². The smallest absolute Gasteiger partial charge is 0.335 e. The molecule has 0 aliphatic heterocycles. The van der Waals surface area contributed by atoms with Crippen LogP contribution in [-0.2, 0) is 0 Å². The predicted molar refractivity (Wildman–Crippen MR) is 91.6 cm³/mol. The van der Waals surface area contributed by atoms with Crippen LogP contribution in [0.3, 0.4) is 0 Å². The number of aromatic amines is 1. The van der Waals surface area contributed by atoms with Gasteiger partial charge >= 0.3 is 5.97 Å². The number of hydrogen-bond donors (Lipinski definition) is 3. The van der Waals surface area contributed by atoms with E-state index in [0.29, 0.717) is 16.6 Å². The van der Waals surface area contributed by atoms with Crippen molar-refractivity contribution in [3.8, 4) is 5.75 Å². The first-order valence-corrected chi connectivity index (χ1v) is 7.19. The summed E-state index contributed by atoms with van der Waals surface area (Å²) < 4.78 is 0. The lowest BCUT2D eigenvalue weighted by molar-refractivity contribution is 0.0697. The van der Waals surface area contributed by atoms with Crippen LogP contribution in [-0.4, -0.2) is 27.4 Å². The number of benzene rings is 2. The average molecular weight is 322 g/mol. The summed E-state index contributed by atoms with van der Waals surface area (Å²) in [6, 6.07) is 11.2. The van der Waals surface area contributed by atoms with Gasteiger partial charge in [-0.05, 0) is 42.8 Å². The first-order valence-electron chi connectivity index (χ1n) is 7.19. The van der Waals surface area contributed by atoms with Gasteiger partial charge in [-0.3, -0.25) is 9.79 Å². The molecule has 0 unspecified atom stereocenters. The van der Waals surface area contributed by atoms with Gasteiger partial charge in [0.2, 0.25) is 0 Å². The van der Waals surface area contributed by atoms with Crippen molar-refractivity contribution in [2.75, 3.05) is 0 Å². The monoisotopic (exact) mass is 322 g/mol. The van der Waals surface area contributed by atoms with Crippen LogP contribution in [0.4, 0.5) is 5.69 Å². The zero-order valence-corrected chi connectivity index (χ0v) is 12.8.